The van der Waals surface area contributed by atoms with E-state index in [2.05, 4.69) is 9.72 Å². The summed E-state index contributed by atoms with van der Waals surface area (Å²) in [5, 5.41) is -0.618. The van der Waals surface area contributed by atoms with Crippen LogP contribution in [0, 0.1) is 11.6 Å². The number of nitrogen functional groups attached to an aromatic ring is 1. The third-order valence-corrected chi connectivity index (χ3v) is 3.67. The molecule has 1 aromatic heterocycles. The van der Waals surface area contributed by atoms with Crippen LogP contribution < -0.4 is 10.5 Å². The normalized spacial score (nSPS) is 10.5. The summed E-state index contributed by atoms with van der Waals surface area (Å²) in [4.78, 5) is 15.5. The number of ether oxygens (including phenoxy) is 2. The molecule has 2 N–H and O–H groups in total. The van der Waals surface area contributed by atoms with E-state index < -0.39 is 39.7 Å². The van der Waals surface area contributed by atoms with Gasteiger partial charge in [-0.2, -0.15) is 0 Å². The zero-order valence-electron chi connectivity index (χ0n) is 11.9. The van der Waals surface area contributed by atoms with Crippen LogP contribution in [0.4, 0.5) is 14.5 Å². The highest BCUT2D eigenvalue weighted by molar-refractivity contribution is 6.35. The first-order valence-electron chi connectivity index (χ1n) is 6.08. The van der Waals surface area contributed by atoms with Gasteiger partial charge in [-0.05, 0) is 12.1 Å². The SMILES string of the molecule is COC(=O)c1nc(-c2ccc(Cl)c(F)c2OC)c(F)c(N)c1Cl. The van der Waals surface area contributed by atoms with E-state index in [9.17, 15) is 13.6 Å². The van der Waals surface area contributed by atoms with Crippen LogP contribution in [0.1, 0.15) is 10.5 Å². The zero-order valence-corrected chi connectivity index (χ0v) is 13.4. The molecule has 23 heavy (non-hydrogen) atoms. The molecule has 9 heteroatoms. The van der Waals surface area contributed by atoms with Crippen LogP contribution in [-0.4, -0.2) is 25.2 Å². The molecule has 0 amide bonds. The molecule has 2 aromatic rings. The van der Waals surface area contributed by atoms with Crippen molar-refractivity contribution in [2.45, 2.75) is 0 Å². The summed E-state index contributed by atoms with van der Waals surface area (Å²) in [5.74, 6) is -3.19. The standard InChI is InChI=1S/C14H10Cl2F2N2O3/c1-22-13-5(3-4-6(15)8(13)17)11-9(18)10(19)7(16)12(20-11)14(21)23-2/h3-4H,1-2H3,(H2,19,20). The average Bonchev–Trinajstić information content (AvgIpc) is 2.55. The van der Waals surface area contributed by atoms with Gasteiger partial charge in [-0.15, -0.1) is 0 Å². The number of nitrogens with two attached hydrogens (primary N) is 1. The molecule has 0 saturated heterocycles. The summed E-state index contributed by atoms with van der Waals surface area (Å²) in [7, 11) is 2.28. The molecule has 0 fully saturated rings. The molecule has 1 aromatic carbocycles. The third kappa shape index (κ3) is 2.89. The van der Waals surface area contributed by atoms with Gasteiger partial charge in [-0.1, -0.05) is 23.2 Å². The van der Waals surface area contributed by atoms with Crippen LogP contribution in [0.25, 0.3) is 11.3 Å². The molecule has 0 atom stereocenters. The van der Waals surface area contributed by atoms with Crippen molar-refractivity contribution in [1.82, 2.24) is 4.98 Å². The fraction of sp³-hybridized carbons (Fsp3) is 0.143. The van der Waals surface area contributed by atoms with Crippen LogP contribution in [0.2, 0.25) is 10.0 Å². The van der Waals surface area contributed by atoms with Crippen molar-refractivity contribution in [3.8, 4) is 17.0 Å². The van der Waals surface area contributed by atoms with Crippen LogP contribution in [0.3, 0.4) is 0 Å². The molecule has 2 rings (SSSR count). The van der Waals surface area contributed by atoms with E-state index >= 15 is 0 Å². The number of anilines is 1. The van der Waals surface area contributed by atoms with E-state index in [1.54, 1.807) is 0 Å². The summed E-state index contributed by atoms with van der Waals surface area (Å²) in [6, 6.07) is 2.47. The molecule has 0 radical (unpaired) electrons. The van der Waals surface area contributed by atoms with Gasteiger partial charge in [-0.25, -0.2) is 18.6 Å². The number of pyridine rings is 1. The Bertz CT molecular complexity index is 800. The van der Waals surface area contributed by atoms with Gasteiger partial charge in [0.1, 0.15) is 5.69 Å². The maximum absolute atomic E-state index is 14.4. The van der Waals surface area contributed by atoms with Gasteiger partial charge >= 0.3 is 5.97 Å². The quantitative estimate of drug-likeness (QED) is 0.842. The number of methoxy groups -OCH3 is 2. The lowest BCUT2D eigenvalue weighted by molar-refractivity contribution is 0.0594. The Kier molecular flexibility index (Phi) is 4.91. The first-order chi connectivity index (χ1) is 10.8. The van der Waals surface area contributed by atoms with E-state index in [-0.39, 0.29) is 16.3 Å². The minimum Gasteiger partial charge on any atom is -0.493 e. The summed E-state index contributed by atoms with van der Waals surface area (Å²) in [5.41, 5.74) is 4.14. The Morgan fingerprint density at radius 1 is 1.22 bits per heavy atom. The number of carbonyl (C=O) groups is 1. The van der Waals surface area contributed by atoms with E-state index in [1.165, 1.54) is 19.2 Å². The Labute approximate surface area is 139 Å². The molecule has 0 aliphatic carbocycles. The second-order valence-corrected chi connectivity index (χ2v) is 5.07. The number of hydrogen-bond donors (Lipinski definition) is 1. The van der Waals surface area contributed by atoms with Crippen molar-refractivity contribution in [3.05, 3.63) is 39.5 Å². The number of benzene rings is 1. The average molecular weight is 363 g/mol. The minimum atomic E-state index is -1.03. The van der Waals surface area contributed by atoms with Crippen molar-refractivity contribution in [2.24, 2.45) is 0 Å². The molecular formula is C14H10Cl2F2N2O3. The Balaban J connectivity index is 2.82. The van der Waals surface area contributed by atoms with Gasteiger partial charge in [0, 0.05) is 5.56 Å². The number of nitrogens with zero attached hydrogens (tertiary/aromatic N) is 1. The van der Waals surface area contributed by atoms with Crippen molar-refractivity contribution in [3.63, 3.8) is 0 Å². The van der Waals surface area contributed by atoms with Crippen LogP contribution in [0.5, 0.6) is 5.75 Å². The second kappa shape index (κ2) is 6.55. The molecule has 0 aliphatic heterocycles. The van der Waals surface area contributed by atoms with Gasteiger partial charge in [0.2, 0.25) is 0 Å². The topological polar surface area (TPSA) is 74.4 Å². The number of rotatable bonds is 3. The van der Waals surface area contributed by atoms with E-state index in [4.69, 9.17) is 33.7 Å². The van der Waals surface area contributed by atoms with E-state index in [1.807, 2.05) is 0 Å². The van der Waals surface area contributed by atoms with Gasteiger partial charge in [0.15, 0.2) is 23.1 Å². The van der Waals surface area contributed by atoms with Gasteiger partial charge < -0.3 is 15.2 Å². The van der Waals surface area contributed by atoms with Gasteiger partial charge in [0.25, 0.3) is 0 Å². The number of hydrogen-bond acceptors (Lipinski definition) is 5. The molecule has 0 unspecified atom stereocenters. The lowest BCUT2D eigenvalue weighted by Crippen LogP contribution is -2.10. The zero-order chi connectivity index (χ0) is 17.3. The molecule has 1 heterocycles. The maximum atomic E-state index is 14.4. The third-order valence-electron chi connectivity index (χ3n) is 3.00. The molecule has 5 nitrogen and oxygen atoms in total. The number of esters is 1. The fourth-order valence-corrected chi connectivity index (χ4v) is 2.24. The summed E-state index contributed by atoms with van der Waals surface area (Å²) >= 11 is 11.5. The second-order valence-electron chi connectivity index (χ2n) is 4.28. The highest BCUT2D eigenvalue weighted by Crippen LogP contribution is 2.39. The Hall–Kier alpha value is -2.12. The lowest BCUT2D eigenvalue weighted by Gasteiger charge is -2.14. The number of halogens is 4. The van der Waals surface area contributed by atoms with Crippen molar-refractivity contribution in [1.29, 1.82) is 0 Å². The van der Waals surface area contributed by atoms with Crippen LogP contribution in [0.15, 0.2) is 12.1 Å². The van der Waals surface area contributed by atoms with Crippen LogP contribution in [-0.2, 0) is 4.74 Å². The number of carbonyl (C=O) groups excluding carboxylic acids is 1. The maximum Gasteiger partial charge on any atom is 0.358 e. The first-order valence-corrected chi connectivity index (χ1v) is 6.84. The predicted molar refractivity (Wildman–Crippen MR) is 81.9 cm³/mol. The summed E-state index contributed by atoms with van der Waals surface area (Å²) < 4.78 is 37.9. The highest BCUT2D eigenvalue weighted by Gasteiger charge is 2.25. The molecule has 0 bridgehead atoms. The molecule has 0 spiro atoms. The Morgan fingerprint density at radius 2 is 1.87 bits per heavy atom. The summed E-state index contributed by atoms with van der Waals surface area (Å²) in [6.07, 6.45) is 0. The molecular weight excluding hydrogens is 353 g/mol. The number of aromatic nitrogens is 1. The smallest absolute Gasteiger partial charge is 0.358 e. The largest absolute Gasteiger partial charge is 0.493 e. The first kappa shape index (κ1) is 17.2. The van der Waals surface area contributed by atoms with Gasteiger partial charge in [-0.3, -0.25) is 0 Å². The lowest BCUT2D eigenvalue weighted by atomic mass is 10.1. The Morgan fingerprint density at radius 3 is 2.43 bits per heavy atom. The highest BCUT2D eigenvalue weighted by atomic mass is 35.5. The molecule has 0 saturated carbocycles. The fourth-order valence-electron chi connectivity index (χ4n) is 1.89. The van der Waals surface area contributed by atoms with Crippen molar-refractivity contribution >= 4 is 34.9 Å². The molecule has 0 aliphatic rings. The van der Waals surface area contributed by atoms with Crippen molar-refractivity contribution in [2.75, 3.05) is 20.0 Å². The van der Waals surface area contributed by atoms with Gasteiger partial charge in [0.05, 0.1) is 30.0 Å². The minimum absolute atomic E-state index is 0.0829. The van der Waals surface area contributed by atoms with E-state index in [0.29, 0.717) is 0 Å². The monoisotopic (exact) mass is 362 g/mol. The predicted octanol–water partition coefficient (Wildman–Crippen LogP) is 3.71. The van der Waals surface area contributed by atoms with Crippen molar-refractivity contribution < 1.29 is 23.0 Å². The summed E-state index contributed by atoms with van der Waals surface area (Å²) in [6.45, 7) is 0. The van der Waals surface area contributed by atoms with E-state index in [0.717, 1.165) is 7.11 Å². The molecule has 122 valence electrons. The van der Waals surface area contributed by atoms with Crippen LogP contribution >= 0.6 is 23.2 Å².